The van der Waals surface area contributed by atoms with E-state index < -0.39 is 5.91 Å². The first kappa shape index (κ1) is 19.8. The van der Waals surface area contributed by atoms with E-state index >= 15 is 0 Å². The van der Waals surface area contributed by atoms with Crippen molar-refractivity contribution in [3.63, 3.8) is 0 Å². The van der Waals surface area contributed by atoms with Gasteiger partial charge >= 0.3 is 0 Å². The first-order chi connectivity index (χ1) is 14.0. The van der Waals surface area contributed by atoms with Crippen LogP contribution in [0.25, 0.3) is 5.69 Å². The zero-order valence-corrected chi connectivity index (χ0v) is 17.7. The van der Waals surface area contributed by atoms with Crippen LogP contribution in [0.1, 0.15) is 64.5 Å². The molecule has 3 aromatic rings. The lowest BCUT2D eigenvalue weighted by Gasteiger charge is -2.31. The third kappa shape index (κ3) is 4.41. The zero-order chi connectivity index (χ0) is 20.4. The monoisotopic (exact) mass is 409 g/mol. The van der Waals surface area contributed by atoms with E-state index in [0.717, 1.165) is 48.9 Å². The maximum atomic E-state index is 12.1. The summed E-state index contributed by atoms with van der Waals surface area (Å²) in [5, 5.41) is 5.92. The van der Waals surface area contributed by atoms with Crippen LogP contribution in [-0.2, 0) is 6.54 Å². The molecule has 1 amide bonds. The highest BCUT2D eigenvalue weighted by molar-refractivity contribution is 7.11. The number of nitrogens with zero attached hydrogens (tertiary/aromatic N) is 4. The summed E-state index contributed by atoms with van der Waals surface area (Å²) in [4.78, 5) is 20.4. The number of aromatic nitrogens is 3. The third-order valence-corrected chi connectivity index (χ3v) is 6.70. The van der Waals surface area contributed by atoms with Crippen molar-refractivity contribution < 1.29 is 4.79 Å². The summed E-state index contributed by atoms with van der Waals surface area (Å²) in [5.74, 6) is 0.289. The van der Waals surface area contributed by atoms with Gasteiger partial charge in [0.15, 0.2) is 0 Å². The molecule has 1 saturated heterocycles. The van der Waals surface area contributed by atoms with Crippen LogP contribution in [0.15, 0.2) is 42.7 Å². The van der Waals surface area contributed by atoms with Gasteiger partial charge in [0.1, 0.15) is 5.01 Å². The van der Waals surface area contributed by atoms with Gasteiger partial charge in [-0.3, -0.25) is 9.69 Å². The van der Waals surface area contributed by atoms with Crippen molar-refractivity contribution in [3.05, 3.63) is 63.9 Å². The lowest BCUT2D eigenvalue weighted by Crippen LogP contribution is -2.34. The van der Waals surface area contributed by atoms with Gasteiger partial charge in [-0.2, -0.15) is 5.10 Å². The van der Waals surface area contributed by atoms with E-state index in [1.807, 2.05) is 36.5 Å². The van der Waals surface area contributed by atoms with Gasteiger partial charge in [-0.05, 0) is 37.4 Å². The van der Waals surface area contributed by atoms with Crippen molar-refractivity contribution in [1.29, 1.82) is 0 Å². The summed E-state index contributed by atoms with van der Waals surface area (Å²) in [7, 11) is 0. The molecule has 152 valence electrons. The molecule has 29 heavy (non-hydrogen) atoms. The lowest BCUT2D eigenvalue weighted by molar-refractivity contribution is 0.0997. The SMILES string of the molecule is CC(C)c1cnc(CN2CCC[C@H](c3nn(-c4ccccc4)cc3C(N)=O)C2)s1. The molecule has 1 aliphatic heterocycles. The molecule has 1 atom stereocenters. The number of nitrogens with two attached hydrogens (primary N) is 1. The van der Waals surface area contributed by atoms with E-state index in [9.17, 15) is 4.79 Å². The molecular formula is C22H27N5OS. The summed E-state index contributed by atoms with van der Waals surface area (Å²) in [5.41, 5.74) is 7.95. The fraction of sp³-hybridized carbons (Fsp3) is 0.409. The molecule has 4 rings (SSSR count). The molecule has 1 aliphatic rings. The Labute approximate surface area is 175 Å². The normalized spacial score (nSPS) is 17.7. The molecule has 6 nitrogen and oxygen atoms in total. The summed E-state index contributed by atoms with van der Waals surface area (Å²) in [6, 6.07) is 9.84. The van der Waals surface area contributed by atoms with E-state index in [0.29, 0.717) is 11.5 Å². The number of para-hydroxylation sites is 1. The number of rotatable bonds is 6. The van der Waals surface area contributed by atoms with Crippen molar-refractivity contribution >= 4 is 17.2 Å². The van der Waals surface area contributed by atoms with Gasteiger partial charge in [-0.15, -0.1) is 11.3 Å². The van der Waals surface area contributed by atoms with Crippen molar-refractivity contribution in [2.24, 2.45) is 5.73 Å². The Morgan fingerprint density at radius 2 is 2.10 bits per heavy atom. The second kappa shape index (κ2) is 8.47. The van der Waals surface area contributed by atoms with Gasteiger partial charge in [0.05, 0.1) is 23.5 Å². The molecule has 2 N–H and O–H groups in total. The number of thiazole rings is 1. The van der Waals surface area contributed by atoms with Crippen LogP contribution in [0.2, 0.25) is 0 Å². The first-order valence-electron chi connectivity index (χ1n) is 10.1. The molecule has 2 aromatic heterocycles. The van der Waals surface area contributed by atoms with Gasteiger partial charge < -0.3 is 5.73 Å². The minimum atomic E-state index is -0.416. The van der Waals surface area contributed by atoms with Crippen LogP contribution >= 0.6 is 11.3 Å². The molecule has 0 radical (unpaired) electrons. The molecule has 0 spiro atoms. The van der Waals surface area contributed by atoms with Gasteiger partial charge in [-0.25, -0.2) is 9.67 Å². The smallest absolute Gasteiger partial charge is 0.252 e. The molecule has 0 bridgehead atoms. The molecule has 1 fully saturated rings. The molecule has 0 saturated carbocycles. The summed E-state index contributed by atoms with van der Waals surface area (Å²) >= 11 is 1.79. The van der Waals surface area contributed by atoms with E-state index in [1.165, 1.54) is 4.88 Å². The second-order valence-electron chi connectivity index (χ2n) is 7.96. The number of carbonyl (C=O) groups is 1. The maximum Gasteiger partial charge on any atom is 0.252 e. The topological polar surface area (TPSA) is 77.0 Å². The number of piperidine rings is 1. The van der Waals surface area contributed by atoms with Crippen molar-refractivity contribution in [1.82, 2.24) is 19.7 Å². The Morgan fingerprint density at radius 1 is 1.31 bits per heavy atom. The molecule has 7 heteroatoms. The average Bonchev–Trinajstić information content (AvgIpc) is 3.36. The van der Waals surface area contributed by atoms with Crippen molar-refractivity contribution in [3.8, 4) is 5.69 Å². The number of hydrogen-bond donors (Lipinski definition) is 1. The molecule has 1 aromatic carbocycles. The van der Waals surface area contributed by atoms with Crippen LogP contribution in [0.4, 0.5) is 0 Å². The lowest BCUT2D eigenvalue weighted by atomic mass is 9.92. The number of likely N-dealkylation sites (tertiary alicyclic amines) is 1. The van der Waals surface area contributed by atoms with Gasteiger partial charge in [-0.1, -0.05) is 32.0 Å². The number of hydrogen-bond acceptors (Lipinski definition) is 5. The van der Waals surface area contributed by atoms with Crippen molar-refractivity contribution in [2.75, 3.05) is 13.1 Å². The average molecular weight is 410 g/mol. The summed E-state index contributed by atoms with van der Waals surface area (Å²) in [6.07, 6.45) is 5.85. The summed E-state index contributed by atoms with van der Waals surface area (Å²) < 4.78 is 1.77. The maximum absolute atomic E-state index is 12.1. The van der Waals surface area contributed by atoms with Gasteiger partial charge in [0.25, 0.3) is 5.91 Å². The number of primary amides is 1. The van der Waals surface area contributed by atoms with E-state index in [4.69, 9.17) is 10.8 Å². The fourth-order valence-corrected chi connectivity index (χ4v) is 4.84. The highest BCUT2D eigenvalue weighted by Crippen LogP contribution is 2.31. The van der Waals surface area contributed by atoms with Crippen LogP contribution < -0.4 is 5.73 Å². The van der Waals surface area contributed by atoms with Crippen LogP contribution in [0.5, 0.6) is 0 Å². The Bertz CT molecular complexity index is 978. The van der Waals surface area contributed by atoms with Crippen LogP contribution in [-0.4, -0.2) is 38.7 Å². The van der Waals surface area contributed by atoms with Gasteiger partial charge in [0.2, 0.25) is 0 Å². The molecule has 3 heterocycles. The Balaban J connectivity index is 1.54. The molecular weight excluding hydrogens is 382 g/mol. The fourth-order valence-electron chi connectivity index (χ4n) is 3.87. The second-order valence-corrected chi connectivity index (χ2v) is 9.10. The largest absolute Gasteiger partial charge is 0.365 e. The summed E-state index contributed by atoms with van der Waals surface area (Å²) in [6.45, 7) is 7.14. The highest BCUT2D eigenvalue weighted by atomic mass is 32.1. The minimum absolute atomic E-state index is 0.195. The quantitative estimate of drug-likeness (QED) is 0.669. The van der Waals surface area contributed by atoms with Crippen LogP contribution in [0, 0.1) is 0 Å². The van der Waals surface area contributed by atoms with E-state index in [2.05, 4.69) is 23.7 Å². The minimum Gasteiger partial charge on any atom is -0.365 e. The predicted molar refractivity (Wildman–Crippen MR) is 116 cm³/mol. The Hall–Kier alpha value is -2.51. The van der Waals surface area contributed by atoms with Crippen LogP contribution in [0.3, 0.4) is 0 Å². The first-order valence-corrected chi connectivity index (χ1v) is 10.9. The Morgan fingerprint density at radius 3 is 2.79 bits per heavy atom. The number of amides is 1. The number of carbonyl (C=O) groups excluding carboxylic acids is 1. The van der Waals surface area contributed by atoms with Gasteiger partial charge in [0, 0.05) is 29.7 Å². The molecule has 0 aliphatic carbocycles. The Kier molecular flexibility index (Phi) is 5.78. The zero-order valence-electron chi connectivity index (χ0n) is 16.9. The van der Waals surface area contributed by atoms with E-state index in [-0.39, 0.29) is 5.92 Å². The molecule has 0 unspecified atom stereocenters. The highest BCUT2D eigenvalue weighted by Gasteiger charge is 2.28. The number of benzene rings is 1. The van der Waals surface area contributed by atoms with Crippen molar-refractivity contribution in [2.45, 2.75) is 45.1 Å². The standard InChI is InChI=1S/C22H27N5OS/c1-15(2)19-11-24-20(29-19)14-26-10-6-7-16(12-26)21-18(22(23)28)13-27(25-21)17-8-4-3-5-9-17/h3-5,8-9,11,13,15-16H,6-7,10,12,14H2,1-2H3,(H2,23,28)/t16-/m0/s1. The predicted octanol–water partition coefficient (Wildman–Crippen LogP) is 3.93. The third-order valence-electron chi connectivity index (χ3n) is 5.42. The van der Waals surface area contributed by atoms with E-state index in [1.54, 1.807) is 22.2 Å².